The monoisotopic (exact) mass is 166 g/mol. The molecule has 0 heterocycles. The van der Waals surface area contributed by atoms with Crippen LogP contribution in [0.15, 0.2) is 24.3 Å². The maximum absolute atomic E-state index is 12.5. The molecule has 0 nitrogen and oxygen atoms in total. The summed E-state index contributed by atoms with van der Waals surface area (Å²) >= 11 is 0. The van der Waals surface area contributed by atoms with Crippen LogP contribution in [0.25, 0.3) is 0 Å². The fraction of sp³-hybridized carbons (Fsp3) is 0.455. The Morgan fingerprint density at radius 2 is 1.83 bits per heavy atom. The second-order valence-electron chi connectivity index (χ2n) is 3.34. The lowest BCUT2D eigenvalue weighted by Crippen LogP contribution is -1.97. The highest BCUT2D eigenvalue weighted by Crippen LogP contribution is 2.11. The summed E-state index contributed by atoms with van der Waals surface area (Å²) in [6.07, 6.45) is 2.23. The van der Waals surface area contributed by atoms with Crippen LogP contribution in [0, 0.1) is 11.7 Å². The van der Waals surface area contributed by atoms with Gasteiger partial charge in [-0.05, 0) is 30.0 Å². The van der Waals surface area contributed by atoms with Gasteiger partial charge in [0, 0.05) is 0 Å². The van der Waals surface area contributed by atoms with Crippen molar-refractivity contribution in [2.45, 2.75) is 26.7 Å². The van der Waals surface area contributed by atoms with Crippen LogP contribution in [-0.4, -0.2) is 0 Å². The van der Waals surface area contributed by atoms with E-state index in [0.717, 1.165) is 6.42 Å². The zero-order valence-corrected chi connectivity index (χ0v) is 7.68. The quantitative estimate of drug-likeness (QED) is 0.645. The Kier molecular flexibility index (Phi) is 3.27. The molecule has 1 atom stereocenters. The SMILES string of the molecule is CC[C@@H](C)Cc1ccc(F)cc1. The second-order valence-corrected chi connectivity index (χ2v) is 3.34. The van der Waals surface area contributed by atoms with Crippen LogP contribution in [0.2, 0.25) is 0 Å². The molecule has 0 saturated heterocycles. The highest BCUT2D eigenvalue weighted by molar-refractivity contribution is 5.16. The van der Waals surface area contributed by atoms with Gasteiger partial charge in [-0.2, -0.15) is 0 Å². The van der Waals surface area contributed by atoms with Gasteiger partial charge >= 0.3 is 0 Å². The van der Waals surface area contributed by atoms with Crippen molar-refractivity contribution in [1.82, 2.24) is 0 Å². The van der Waals surface area contributed by atoms with Crippen LogP contribution < -0.4 is 0 Å². The number of benzene rings is 1. The third kappa shape index (κ3) is 2.65. The van der Waals surface area contributed by atoms with Crippen molar-refractivity contribution in [3.05, 3.63) is 35.6 Å². The lowest BCUT2D eigenvalue weighted by atomic mass is 9.99. The van der Waals surface area contributed by atoms with Crippen LogP contribution in [0.5, 0.6) is 0 Å². The van der Waals surface area contributed by atoms with Gasteiger partial charge in [0.1, 0.15) is 5.82 Å². The predicted octanol–water partition coefficient (Wildman–Crippen LogP) is 3.41. The van der Waals surface area contributed by atoms with Crippen molar-refractivity contribution in [3.63, 3.8) is 0 Å². The molecular weight excluding hydrogens is 151 g/mol. The first-order valence-corrected chi connectivity index (χ1v) is 4.46. The highest BCUT2D eigenvalue weighted by atomic mass is 19.1. The van der Waals surface area contributed by atoms with E-state index >= 15 is 0 Å². The van der Waals surface area contributed by atoms with E-state index in [0.29, 0.717) is 5.92 Å². The van der Waals surface area contributed by atoms with Gasteiger partial charge in [-0.3, -0.25) is 0 Å². The molecule has 0 spiro atoms. The molecular formula is C11H15F. The maximum atomic E-state index is 12.5. The van der Waals surface area contributed by atoms with Crippen LogP contribution in [0.3, 0.4) is 0 Å². The average molecular weight is 166 g/mol. The van der Waals surface area contributed by atoms with Crippen molar-refractivity contribution in [3.8, 4) is 0 Å². The minimum atomic E-state index is -0.150. The summed E-state index contributed by atoms with van der Waals surface area (Å²) in [6.45, 7) is 4.39. The van der Waals surface area contributed by atoms with Crippen molar-refractivity contribution in [2.24, 2.45) is 5.92 Å². The van der Waals surface area contributed by atoms with Crippen molar-refractivity contribution < 1.29 is 4.39 Å². The standard InChI is InChI=1S/C11H15F/c1-3-9(2)8-10-4-6-11(12)7-5-10/h4-7,9H,3,8H2,1-2H3/t9-/m1/s1. The molecule has 0 amide bonds. The smallest absolute Gasteiger partial charge is 0.123 e. The molecule has 0 N–H and O–H groups in total. The first-order valence-electron chi connectivity index (χ1n) is 4.46. The Hall–Kier alpha value is -0.850. The Balaban J connectivity index is 2.58. The molecule has 0 fully saturated rings. The van der Waals surface area contributed by atoms with Gasteiger partial charge in [-0.1, -0.05) is 32.4 Å². The molecule has 1 aromatic rings. The zero-order valence-electron chi connectivity index (χ0n) is 7.68. The Morgan fingerprint density at radius 1 is 1.25 bits per heavy atom. The molecule has 0 bridgehead atoms. The summed E-state index contributed by atoms with van der Waals surface area (Å²) in [6, 6.07) is 6.78. The molecule has 12 heavy (non-hydrogen) atoms. The van der Waals surface area contributed by atoms with E-state index in [4.69, 9.17) is 0 Å². The fourth-order valence-corrected chi connectivity index (χ4v) is 1.17. The van der Waals surface area contributed by atoms with Crippen LogP contribution in [0.4, 0.5) is 4.39 Å². The highest BCUT2D eigenvalue weighted by Gasteiger charge is 2.00. The van der Waals surface area contributed by atoms with Gasteiger partial charge in [0.25, 0.3) is 0 Å². The van der Waals surface area contributed by atoms with Gasteiger partial charge in [0.05, 0.1) is 0 Å². The van der Waals surface area contributed by atoms with E-state index in [9.17, 15) is 4.39 Å². The molecule has 0 aromatic heterocycles. The lowest BCUT2D eigenvalue weighted by molar-refractivity contribution is 0.558. The molecule has 0 aliphatic heterocycles. The first-order chi connectivity index (χ1) is 5.72. The molecule has 66 valence electrons. The van der Waals surface area contributed by atoms with Crippen molar-refractivity contribution >= 4 is 0 Å². The minimum absolute atomic E-state index is 0.150. The van der Waals surface area contributed by atoms with Gasteiger partial charge in [-0.25, -0.2) is 4.39 Å². The molecule has 0 aliphatic rings. The molecule has 1 rings (SSSR count). The summed E-state index contributed by atoms with van der Waals surface area (Å²) in [7, 11) is 0. The summed E-state index contributed by atoms with van der Waals surface area (Å²) in [5.74, 6) is 0.540. The Morgan fingerprint density at radius 3 is 2.33 bits per heavy atom. The third-order valence-electron chi connectivity index (χ3n) is 2.19. The molecule has 0 saturated carbocycles. The number of hydrogen-bond acceptors (Lipinski definition) is 0. The van der Waals surface area contributed by atoms with Crippen LogP contribution in [0.1, 0.15) is 25.8 Å². The van der Waals surface area contributed by atoms with E-state index in [-0.39, 0.29) is 5.82 Å². The summed E-state index contributed by atoms with van der Waals surface area (Å²) in [4.78, 5) is 0. The number of hydrogen-bond donors (Lipinski definition) is 0. The zero-order chi connectivity index (χ0) is 8.97. The van der Waals surface area contributed by atoms with Crippen LogP contribution in [-0.2, 0) is 6.42 Å². The Bertz CT molecular complexity index is 225. The summed E-state index contributed by atoms with van der Waals surface area (Å²) in [5.41, 5.74) is 1.23. The average Bonchev–Trinajstić information content (AvgIpc) is 2.09. The van der Waals surface area contributed by atoms with Gasteiger partial charge in [0.15, 0.2) is 0 Å². The lowest BCUT2D eigenvalue weighted by Gasteiger charge is -2.07. The first kappa shape index (κ1) is 9.24. The molecule has 0 aliphatic carbocycles. The van der Waals surface area contributed by atoms with Gasteiger partial charge in [-0.15, -0.1) is 0 Å². The van der Waals surface area contributed by atoms with Crippen molar-refractivity contribution in [1.29, 1.82) is 0 Å². The van der Waals surface area contributed by atoms with E-state index in [1.807, 2.05) is 12.1 Å². The van der Waals surface area contributed by atoms with E-state index < -0.39 is 0 Å². The summed E-state index contributed by atoms with van der Waals surface area (Å²) in [5, 5.41) is 0. The second kappa shape index (κ2) is 4.24. The maximum Gasteiger partial charge on any atom is 0.123 e. The number of rotatable bonds is 3. The van der Waals surface area contributed by atoms with Gasteiger partial charge in [0.2, 0.25) is 0 Å². The molecule has 1 aromatic carbocycles. The predicted molar refractivity (Wildman–Crippen MR) is 49.6 cm³/mol. The summed E-state index contributed by atoms with van der Waals surface area (Å²) < 4.78 is 12.5. The van der Waals surface area contributed by atoms with E-state index in [1.54, 1.807) is 0 Å². The third-order valence-corrected chi connectivity index (χ3v) is 2.19. The minimum Gasteiger partial charge on any atom is -0.207 e. The molecule has 0 unspecified atom stereocenters. The van der Waals surface area contributed by atoms with E-state index in [2.05, 4.69) is 13.8 Å². The fourth-order valence-electron chi connectivity index (χ4n) is 1.17. The normalized spacial score (nSPS) is 12.9. The largest absolute Gasteiger partial charge is 0.207 e. The molecule has 1 heteroatoms. The number of halogens is 1. The Labute approximate surface area is 73.4 Å². The van der Waals surface area contributed by atoms with Crippen LogP contribution >= 0.6 is 0 Å². The van der Waals surface area contributed by atoms with Gasteiger partial charge < -0.3 is 0 Å². The van der Waals surface area contributed by atoms with E-state index in [1.165, 1.54) is 24.1 Å². The molecule has 0 radical (unpaired) electrons. The topological polar surface area (TPSA) is 0 Å². The van der Waals surface area contributed by atoms with Crippen molar-refractivity contribution in [2.75, 3.05) is 0 Å².